The Balaban J connectivity index is 1.94. The van der Waals surface area contributed by atoms with E-state index in [-0.39, 0.29) is 0 Å². The molecule has 6 rings (SSSR count). The molecule has 1 nitrogen and oxygen atoms in total. The SMILES string of the molecule is c1ccc2c(c1)ccc1ccc3c(ncc4sc5ccccc5c43)c12. The Bertz CT molecular complexity index is 1440. The minimum atomic E-state index is 1.10. The average molecular weight is 335 g/mol. The second-order valence-electron chi connectivity index (χ2n) is 6.44. The summed E-state index contributed by atoms with van der Waals surface area (Å²) in [7, 11) is 0. The largest absolute Gasteiger partial charge is 0.254 e. The number of hydrogen-bond donors (Lipinski definition) is 0. The van der Waals surface area contributed by atoms with Gasteiger partial charge in [-0.2, -0.15) is 0 Å². The molecule has 0 saturated heterocycles. The molecule has 0 radical (unpaired) electrons. The number of aromatic nitrogens is 1. The van der Waals surface area contributed by atoms with Gasteiger partial charge in [-0.15, -0.1) is 11.3 Å². The molecule has 2 heterocycles. The molecule has 25 heavy (non-hydrogen) atoms. The van der Waals surface area contributed by atoms with Crippen molar-refractivity contribution in [1.29, 1.82) is 0 Å². The third kappa shape index (κ3) is 1.75. The van der Waals surface area contributed by atoms with Crippen LogP contribution in [-0.2, 0) is 0 Å². The maximum Gasteiger partial charge on any atom is 0.0793 e. The van der Waals surface area contributed by atoms with Gasteiger partial charge in [0.15, 0.2) is 0 Å². The third-order valence-corrected chi connectivity index (χ3v) is 6.19. The molecule has 0 fully saturated rings. The highest BCUT2D eigenvalue weighted by Crippen LogP contribution is 2.40. The summed E-state index contributed by atoms with van der Waals surface area (Å²) in [4.78, 5) is 4.89. The van der Waals surface area contributed by atoms with Gasteiger partial charge in [0, 0.05) is 32.4 Å². The Hall–Kier alpha value is -2.97. The monoisotopic (exact) mass is 335 g/mol. The van der Waals surface area contributed by atoms with E-state index in [1.165, 1.54) is 47.1 Å². The van der Waals surface area contributed by atoms with E-state index >= 15 is 0 Å². The Morgan fingerprint density at radius 3 is 2.28 bits per heavy atom. The van der Waals surface area contributed by atoms with Gasteiger partial charge >= 0.3 is 0 Å². The highest BCUT2D eigenvalue weighted by Gasteiger charge is 2.12. The van der Waals surface area contributed by atoms with Gasteiger partial charge in [-0.1, -0.05) is 66.7 Å². The van der Waals surface area contributed by atoms with Crippen molar-refractivity contribution in [1.82, 2.24) is 4.98 Å². The molecule has 0 aliphatic rings. The molecule has 0 saturated carbocycles. The smallest absolute Gasteiger partial charge is 0.0793 e. The lowest BCUT2D eigenvalue weighted by Crippen LogP contribution is -1.84. The van der Waals surface area contributed by atoms with Crippen molar-refractivity contribution in [3.05, 3.63) is 79.0 Å². The van der Waals surface area contributed by atoms with Crippen LogP contribution in [0.15, 0.2) is 79.0 Å². The maximum absolute atomic E-state index is 4.89. The molecule has 0 amide bonds. The molecule has 0 spiro atoms. The van der Waals surface area contributed by atoms with E-state index in [0.29, 0.717) is 0 Å². The lowest BCUT2D eigenvalue weighted by atomic mass is 9.97. The summed E-state index contributed by atoms with van der Waals surface area (Å²) < 4.78 is 2.58. The average Bonchev–Trinajstić information content (AvgIpc) is 3.06. The Morgan fingerprint density at radius 1 is 0.560 bits per heavy atom. The van der Waals surface area contributed by atoms with Crippen molar-refractivity contribution in [3.8, 4) is 0 Å². The molecule has 0 atom stereocenters. The van der Waals surface area contributed by atoms with Crippen LogP contribution in [0.3, 0.4) is 0 Å². The molecule has 0 bridgehead atoms. The zero-order valence-electron chi connectivity index (χ0n) is 13.4. The summed E-state index contributed by atoms with van der Waals surface area (Å²) in [5, 5.41) is 8.95. The van der Waals surface area contributed by atoms with Crippen molar-refractivity contribution in [3.63, 3.8) is 0 Å². The fourth-order valence-corrected chi connectivity index (χ4v) is 5.06. The second kappa shape index (κ2) is 4.78. The Kier molecular flexibility index (Phi) is 2.55. The first-order valence-electron chi connectivity index (χ1n) is 8.40. The van der Waals surface area contributed by atoms with Crippen LogP contribution < -0.4 is 0 Å². The van der Waals surface area contributed by atoms with E-state index in [4.69, 9.17) is 4.98 Å². The van der Waals surface area contributed by atoms with Crippen molar-refractivity contribution >= 4 is 64.0 Å². The van der Waals surface area contributed by atoms with Gasteiger partial charge in [0.05, 0.1) is 10.2 Å². The van der Waals surface area contributed by atoms with Crippen LogP contribution in [0.2, 0.25) is 0 Å². The number of nitrogens with zero attached hydrogens (tertiary/aromatic N) is 1. The van der Waals surface area contributed by atoms with Crippen molar-refractivity contribution < 1.29 is 0 Å². The van der Waals surface area contributed by atoms with Crippen LogP contribution in [0.25, 0.3) is 52.6 Å². The normalized spacial score (nSPS) is 12.0. The topological polar surface area (TPSA) is 12.9 Å². The third-order valence-electron chi connectivity index (χ3n) is 5.09. The van der Waals surface area contributed by atoms with Crippen molar-refractivity contribution in [2.24, 2.45) is 0 Å². The first-order valence-corrected chi connectivity index (χ1v) is 9.22. The minimum absolute atomic E-state index is 1.10. The standard InChI is InChI=1S/C23H13NS/c1-2-6-16-14(5-1)9-10-15-11-12-18-22-17-7-3-4-8-19(17)25-20(22)13-24-23(18)21(15)16/h1-13H. The van der Waals surface area contributed by atoms with E-state index < -0.39 is 0 Å². The zero-order valence-corrected chi connectivity index (χ0v) is 14.2. The van der Waals surface area contributed by atoms with Crippen LogP contribution in [0, 0.1) is 0 Å². The predicted octanol–water partition coefficient (Wildman–Crippen LogP) is 6.91. The predicted molar refractivity (Wildman–Crippen MR) is 110 cm³/mol. The minimum Gasteiger partial charge on any atom is -0.254 e. The number of benzene rings is 4. The van der Waals surface area contributed by atoms with E-state index in [0.717, 1.165) is 5.52 Å². The molecule has 0 N–H and O–H groups in total. The maximum atomic E-state index is 4.89. The molecular formula is C23H13NS. The van der Waals surface area contributed by atoms with Crippen LogP contribution in [0.1, 0.15) is 0 Å². The number of hydrogen-bond acceptors (Lipinski definition) is 2. The Labute approximate surface area is 148 Å². The summed E-state index contributed by atoms with van der Waals surface area (Å²) in [6.45, 7) is 0. The van der Waals surface area contributed by atoms with Gasteiger partial charge in [0.25, 0.3) is 0 Å². The van der Waals surface area contributed by atoms with E-state index in [2.05, 4.69) is 72.8 Å². The molecule has 0 aliphatic carbocycles. The van der Waals surface area contributed by atoms with Gasteiger partial charge in [-0.3, -0.25) is 4.98 Å². The van der Waals surface area contributed by atoms with E-state index in [1.54, 1.807) is 0 Å². The van der Waals surface area contributed by atoms with Gasteiger partial charge in [-0.05, 0) is 22.2 Å². The van der Waals surface area contributed by atoms with Gasteiger partial charge < -0.3 is 0 Å². The van der Waals surface area contributed by atoms with Crippen LogP contribution in [0.5, 0.6) is 0 Å². The molecule has 116 valence electrons. The first-order chi connectivity index (χ1) is 12.4. The molecule has 2 aromatic heterocycles. The fraction of sp³-hybridized carbons (Fsp3) is 0. The molecular weight excluding hydrogens is 322 g/mol. The highest BCUT2D eigenvalue weighted by molar-refractivity contribution is 7.26. The van der Waals surface area contributed by atoms with Crippen molar-refractivity contribution in [2.45, 2.75) is 0 Å². The first kappa shape index (κ1) is 13.3. The number of pyridine rings is 1. The molecule has 0 aliphatic heterocycles. The summed E-state index contributed by atoms with van der Waals surface area (Å²) in [6, 6.07) is 26.1. The molecule has 4 aromatic carbocycles. The summed E-state index contributed by atoms with van der Waals surface area (Å²) in [5.74, 6) is 0. The number of thiophene rings is 1. The van der Waals surface area contributed by atoms with Gasteiger partial charge in [0.1, 0.15) is 0 Å². The summed E-state index contributed by atoms with van der Waals surface area (Å²) in [6.07, 6.45) is 2.05. The Morgan fingerprint density at radius 2 is 1.32 bits per heavy atom. The zero-order chi connectivity index (χ0) is 16.4. The van der Waals surface area contributed by atoms with E-state index in [9.17, 15) is 0 Å². The molecule has 0 unspecified atom stereocenters. The number of rotatable bonds is 0. The number of fused-ring (bicyclic) bond motifs is 9. The van der Waals surface area contributed by atoms with Gasteiger partial charge in [-0.25, -0.2) is 0 Å². The summed E-state index contributed by atoms with van der Waals surface area (Å²) in [5.41, 5.74) is 1.10. The summed E-state index contributed by atoms with van der Waals surface area (Å²) >= 11 is 1.82. The molecule has 6 aromatic rings. The van der Waals surface area contributed by atoms with Crippen LogP contribution >= 0.6 is 11.3 Å². The second-order valence-corrected chi connectivity index (χ2v) is 7.53. The van der Waals surface area contributed by atoms with Gasteiger partial charge in [0.2, 0.25) is 0 Å². The lowest BCUT2D eigenvalue weighted by molar-refractivity contribution is 1.47. The fourth-order valence-electron chi connectivity index (χ4n) is 3.97. The van der Waals surface area contributed by atoms with Crippen LogP contribution in [-0.4, -0.2) is 4.98 Å². The quantitative estimate of drug-likeness (QED) is 0.275. The lowest BCUT2D eigenvalue weighted by Gasteiger charge is -2.08. The molecule has 2 heteroatoms. The van der Waals surface area contributed by atoms with Crippen molar-refractivity contribution in [2.75, 3.05) is 0 Å². The highest BCUT2D eigenvalue weighted by atomic mass is 32.1. The van der Waals surface area contributed by atoms with E-state index in [1.807, 2.05) is 17.5 Å². The van der Waals surface area contributed by atoms with Crippen LogP contribution in [0.4, 0.5) is 0 Å².